The van der Waals surface area contributed by atoms with E-state index in [-0.39, 0.29) is 17.1 Å². The van der Waals surface area contributed by atoms with E-state index in [1.165, 1.54) is 0 Å². The van der Waals surface area contributed by atoms with Crippen molar-refractivity contribution in [2.75, 3.05) is 5.32 Å². The van der Waals surface area contributed by atoms with Gasteiger partial charge in [0.05, 0.1) is 6.10 Å². The Labute approximate surface area is 191 Å². The molecule has 0 aliphatic rings. The fraction of sp³-hybridized carbons (Fsp3) is 0.160. The van der Waals surface area contributed by atoms with E-state index in [4.69, 9.17) is 21.4 Å². The molecule has 7 heteroatoms. The van der Waals surface area contributed by atoms with Crippen LogP contribution < -0.4 is 15.4 Å². The number of rotatable bonds is 6. The van der Waals surface area contributed by atoms with Crippen molar-refractivity contribution in [2.24, 2.45) is 0 Å². The predicted molar refractivity (Wildman–Crippen MR) is 129 cm³/mol. The van der Waals surface area contributed by atoms with Crippen LogP contribution in [-0.2, 0) is 6.42 Å². The Morgan fingerprint density at radius 1 is 1.03 bits per heavy atom. The molecule has 1 amide bonds. The summed E-state index contributed by atoms with van der Waals surface area (Å²) in [4.78, 5) is 16.9. The lowest BCUT2D eigenvalue weighted by Crippen LogP contribution is -2.34. The number of ether oxygens (including phenoxy) is 1. The number of nitrogens with zero attached hydrogens (tertiary/aromatic N) is 1. The van der Waals surface area contributed by atoms with Crippen LogP contribution in [0.1, 0.15) is 35.7 Å². The van der Waals surface area contributed by atoms with Crippen LogP contribution in [-0.4, -0.2) is 22.1 Å². The van der Waals surface area contributed by atoms with Crippen LogP contribution in [0.2, 0.25) is 0 Å². The molecule has 0 atom stereocenters. The topological polar surface area (TPSA) is 76.4 Å². The van der Waals surface area contributed by atoms with Gasteiger partial charge in [0.2, 0.25) is 0 Å². The molecule has 6 nitrogen and oxygen atoms in total. The summed E-state index contributed by atoms with van der Waals surface area (Å²) < 4.78 is 11.4. The number of carbonyl (C=O) groups is 1. The number of hydrogen-bond acceptors (Lipinski definition) is 5. The fourth-order valence-electron chi connectivity index (χ4n) is 3.17. The fourth-order valence-corrected chi connectivity index (χ4v) is 3.38. The molecule has 0 radical (unpaired) electrons. The second kappa shape index (κ2) is 9.62. The van der Waals surface area contributed by atoms with Crippen LogP contribution in [0.25, 0.3) is 11.1 Å². The Balaban J connectivity index is 1.31. The van der Waals surface area contributed by atoms with Crippen molar-refractivity contribution in [3.05, 3.63) is 89.8 Å². The maximum absolute atomic E-state index is 12.4. The van der Waals surface area contributed by atoms with Crippen molar-refractivity contribution in [3.8, 4) is 5.75 Å². The van der Waals surface area contributed by atoms with Gasteiger partial charge >= 0.3 is 0 Å². The van der Waals surface area contributed by atoms with Gasteiger partial charge in [0.25, 0.3) is 5.91 Å². The Bertz CT molecular complexity index is 1200. The molecule has 4 rings (SSSR count). The molecule has 0 aliphatic heterocycles. The quantitative estimate of drug-likeness (QED) is 0.391. The standard InChI is InChI=1S/C25H23N3O3S/c1-16(2)30-20-13-9-18(10-14-20)24(29)28-25(32)26-19-11-7-17(8-12-19)15-23-27-21-5-3-4-6-22(21)31-23/h3-14,16H,15H2,1-2H3,(H2,26,28,29,32). The molecule has 1 aromatic heterocycles. The third-order valence-corrected chi connectivity index (χ3v) is 4.82. The summed E-state index contributed by atoms with van der Waals surface area (Å²) in [6.45, 7) is 3.90. The molecule has 2 N–H and O–H groups in total. The highest BCUT2D eigenvalue weighted by atomic mass is 32.1. The summed E-state index contributed by atoms with van der Waals surface area (Å²) in [5.41, 5.74) is 3.96. The Morgan fingerprint density at radius 3 is 2.44 bits per heavy atom. The van der Waals surface area contributed by atoms with E-state index in [2.05, 4.69) is 15.6 Å². The van der Waals surface area contributed by atoms with Crippen LogP contribution in [0.15, 0.2) is 77.2 Å². The number of hydrogen-bond donors (Lipinski definition) is 2. The first-order chi connectivity index (χ1) is 15.5. The molecule has 0 fully saturated rings. The zero-order valence-electron chi connectivity index (χ0n) is 17.8. The third-order valence-electron chi connectivity index (χ3n) is 4.62. The number of nitrogens with one attached hydrogen (secondary N) is 2. The van der Waals surface area contributed by atoms with Crippen molar-refractivity contribution < 1.29 is 13.9 Å². The highest BCUT2D eigenvalue weighted by Gasteiger charge is 2.10. The zero-order chi connectivity index (χ0) is 22.5. The van der Waals surface area contributed by atoms with E-state index in [9.17, 15) is 4.79 Å². The number of fused-ring (bicyclic) bond motifs is 1. The van der Waals surface area contributed by atoms with Gasteiger partial charge in [-0.3, -0.25) is 10.1 Å². The lowest BCUT2D eigenvalue weighted by molar-refractivity contribution is 0.0977. The third kappa shape index (κ3) is 5.50. The van der Waals surface area contributed by atoms with Gasteiger partial charge in [-0.2, -0.15) is 0 Å². The second-order valence-electron chi connectivity index (χ2n) is 7.55. The summed E-state index contributed by atoms with van der Waals surface area (Å²) in [7, 11) is 0. The molecule has 32 heavy (non-hydrogen) atoms. The van der Waals surface area contributed by atoms with Crippen LogP contribution in [0.4, 0.5) is 5.69 Å². The zero-order valence-corrected chi connectivity index (χ0v) is 18.6. The highest BCUT2D eigenvalue weighted by Crippen LogP contribution is 2.19. The predicted octanol–water partition coefficient (Wildman–Crippen LogP) is 5.33. The molecular weight excluding hydrogens is 422 g/mol. The number of carbonyl (C=O) groups excluding carboxylic acids is 1. The SMILES string of the molecule is CC(C)Oc1ccc(C(=O)NC(=S)Nc2ccc(Cc3nc4ccccc4o3)cc2)cc1. The summed E-state index contributed by atoms with van der Waals surface area (Å²) in [6.07, 6.45) is 0.667. The Kier molecular flexibility index (Phi) is 6.47. The Morgan fingerprint density at radius 2 is 1.75 bits per heavy atom. The van der Waals surface area contributed by atoms with Crippen molar-refractivity contribution >= 4 is 40.0 Å². The summed E-state index contributed by atoms with van der Waals surface area (Å²) in [5, 5.41) is 5.94. The summed E-state index contributed by atoms with van der Waals surface area (Å²) >= 11 is 5.28. The molecule has 1 heterocycles. The van der Waals surface area contributed by atoms with Crippen molar-refractivity contribution in [1.29, 1.82) is 0 Å². The lowest BCUT2D eigenvalue weighted by Gasteiger charge is -2.11. The number of amides is 1. The van der Waals surface area contributed by atoms with Crippen LogP contribution in [0, 0.1) is 0 Å². The van der Waals surface area contributed by atoms with Crippen LogP contribution in [0.3, 0.4) is 0 Å². The van der Waals surface area contributed by atoms with Crippen LogP contribution in [0.5, 0.6) is 5.75 Å². The number of para-hydroxylation sites is 2. The highest BCUT2D eigenvalue weighted by molar-refractivity contribution is 7.80. The Hall–Kier alpha value is -3.71. The van der Waals surface area contributed by atoms with E-state index in [0.717, 1.165) is 28.1 Å². The van der Waals surface area contributed by atoms with E-state index in [1.54, 1.807) is 24.3 Å². The summed E-state index contributed by atoms with van der Waals surface area (Å²) in [5.74, 6) is 1.10. The molecule has 4 aromatic rings. The normalized spacial score (nSPS) is 10.8. The van der Waals surface area contributed by atoms with Gasteiger partial charge in [0.15, 0.2) is 16.6 Å². The molecule has 162 valence electrons. The number of benzene rings is 3. The van der Waals surface area contributed by atoms with E-state index >= 15 is 0 Å². The first-order valence-corrected chi connectivity index (χ1v) is 10.7. The molecule has 0 aliphatic carbocycles. The molecule has 0 saturated carbocycles. The number of anilines is 1. The van der Waals surface area contributed by atoms with Crippen molar-refractivity contribution in [3.63, 3.8) is 0 Å². The van der Waals surface area contributed by atoms with Crippen molar-refractivity contribution in [2.45, 2.75) is 26.4 Å². The average molecular weight is 446 g/mol. The second-order valence-corrected chi connectivity index (χ2v) is 7.96. The minimum Gasteiger partial charge on any atom is -0.491 e. The van der Waals surface area contributed by atoms with Gasteiger partial charge in [0, 0.05) is 17.7 Å². The van der Waals surface area contributed by atoms with Gasteiger partial charge in [0.1, 0.15) is 11.3 Å². The molecule has 0 spiro atoms. The van der Waals surface area contributed by atoms with Gasteiger partial charge in [-0.1, -0.05) is 24.3 Å². The average Bonchev–Trinajstić information content (AvgIpc) is 3.17. The number of thiocarbonyl (C=S) groups is 1. The van der Waals surface area contributed by atoms with Gasteiger partial charge in [-0.15, -0.1) is 0 Å². The summed E-state index contributed by atoms with van der Waals surface area (Å²) in [6, 6.07) is 22.4. The largest absolute Gasteiger partial charge is 0.491 e. The maximum atomic E-state index is 12.4. The smallest absolute Gasteiger partial charge is 0.257 e. The molecule has 0 unspecified atom stereocenters. The van der Waals surface area contributed by atoms with Crippen molar-refractivity contribution in [1.82, 2.24) is 10.3 Å². The first kappa shape index (κ1) is 21.5. The van der Waals surface area contributed by atoms with Gasteiger partial charge < -0.3 is 14.5 Å². The molecule has 0 bridgehead atoms. The van der Waals surface area contributed by atoms with Crippen LogP contribution >= 0.6 is 12.2 Å². The lowest BCUT2D eigenvalue weighted by atomic mass is 10.1. The molecular formula is C25H23N3O3S. The maximum Gasteiger partial charge on any atom is 0.257 e. The molecule has 3 aromatic carbocycles. The first-order valence-electron chi connectivity index (χ1n) is 10.3. The number of aromatic nitrogens is 1. The minimum atomic E-state index is -0.286. The monoisotopic (exact) mass is 445 g/mol. The number of oxazole rings is 1. The van der Waals surface area contributed by atoms with E-state index < -0.39 is 0 Å². The van der Waals surface area contributed by atoms with E-state index in [0.29, 0.717) is 17.9 Å². The van der Waals surface area contributed by atoms with E-state index in [1.807, 2.05) is 62.4 Å². The molecule has 0 saturated heterocycles. The van der Waals surface area contributed by atoms with Gasteiger partial charge in [-0.05, 0) is 80.2 Å². The minimum absolute atomic E-state index is 0.0767. The van der Waals surface area contributed by atoms with Gasteiger partial charge in [-0.25, -0.2) is 4.98 Å².